The molecule has 0 aliphatic heterocycles. The number of nitrogens with one attached hydrogen (secondary N) is 1. The first-order valence-electron chi connectivity index (χ1n) is 17.0. The van der Waals surface area contributed by atoms with Crippen LogP contribution in [0.3, 0.4) is 0 Å². The van der Waals surface area contributed by atoms with Crippen LogP contribution < -0.4 is 5.32 Å². The lowest BCUT2D eigenvalue weighted by atomic mass is 9.96. The van der Waals surface area contributed by atoms with Crippen LogP contribution in [0.5, 0.6) is 0 Å². The average Bonchev–Trinajstić information content (AvgIpc) is 3.20. The summed E-state index contributed by atoms with van der Waals surface area (Å²) < 4.78 is 0. The smallest absolute Gasteiger partial charge is 0.164 e. The van der Waals surface area contributed by atoms with E-state index in [-0.39, 0.29) is 0 Å². The van der Waals surface area contributed by atoms with Crippen LogP contribution in [0.15, 0.2) is 146 Å². The van der Waals surface area contributed by atoms with Crippen LogP contribution >= 0.6 is 0 Å². The molecule has 6 nitrogen and oxygen atoms in total. The molecule has 0 saturated carbocycles. The summed E-state index contributed by atoms with van der Waals surface area (Å²) in [6, 6.07) is 41.0. The monoisotopic (exact) mass is 652 g/mol. The quantitative estimate of drug-likeness (QED) is 0.165. The number of fused-ring (bicyclic) bond motifs is 1. The van der Waals surface area contributed by atoms with E-state index >= 15 is 0 Å². The van der Waals surface area contributed by atoms with E-state index < -0.39 is 0 Å². The van der Waals surface area contributed by atoms with Crippen LogP contribution in [0.25, 0.3) is 73.0 Å². The minimum Gasteiger partial charge on any atom is -0.373 e. The van der Waals surface area contributed by atoms with Gasteiger partial charge in [0.25, 0.3) is 0 Å². The fourth-order valence-electron chi connectivity index (χ4n) is 5.84. The highest BCUT2D eigenvalue weighted by Crippen LogP contribution is 2.36. The van der Waals surface area contributed by atoms with Crippen molar-refractivity contribution in [1.29, 1.82) is 0 Å². The van der Waals surface area contributed by atoms with E-state index in [4.69, 9.17) is 24.9 Å². The van der Waals surface area contributed by atoms with Gasteiger partial charge in [-0.05, 0) is 66.8 Å². The normalized spacial score (nSPS) is 11.3. The van der Waals surface area contributed by atoms with Crippen LogP contribution in [0.2, 0.25) is 0 Å². The molecule has 246 valence electrons. The summed E-state index contributed by atoms with van der Waals surface area (Å²) in [5.41, 5.74) is 8.43. The molecule has 50 heavy (non-hydrogen) atoms. The van der Waals surface area contributed by atoms with Crippen molar-refractivity contribution in [3.8, 4) is 56.7 Å². The Bertz CT molecular complexity index is 2230. The SMILES string of the molecule is C/C=C\C(=C/C)c1cc(NC)nc(-c2cc(-c3nc(-c4ccccc4)nc(-c4ccccc4)n3)cc(-c3nccc4ccccc34)c2)c1.CC. The standard InChI is InChI=1S/C42H34N6.C2H6/c1-4-14-28(5-2)32-26-37(45-38(27-32)43-3)33-23-34(39-36-20-13-12-15-29(36)21-22-44-39)25-35(24-33)42-47-40(30-16-8-6-9-17-30)46-41(48-42)31-18-10-7-11-19-31;1-2/h4-27H,1-3H3,(H,43,45);1-2H3/b14-4-,28-5+;. The molecule has 1 N–H and O–H groups in total. The number of allylic oxidation sites excluding steroid dienone is 4. The average molecular weight is 653 g/mol. The van der Waals surface area contributed by atoms with E-state index in [1.807, 2.05) is 113 Å². The number of nitrogens with zero attached hydrogens (tertiary/aromatic N) is 5. The van der Waals surface area contributed by atoms with Gasteiger partial charge in [0.05, 0.1) is 11.4 Å². The lowest BCUT2D eigenvalue weighted by Gasteiger charge is -2.14. The van der Waals surface area contributed by atoms with Crippen molar-refractivity contribution in [2.24, 2.45) is 0 Å². The van der Waals surface area contributed by atoms with Crippen molar-refractivity contribution >= 4 is 22.2 Å². The maximum Gasteiger partial charge on any atom is 0.164 e. The Labute approximate surface area is 294 Å². The van der Waals surface area contributed by atoms with Crippen molar-refractivity contribution in [2.45, 2.75) is 27.7 Å². The van der Waals surface area contributed by atoms with Crippen molar-refractivity contribution < 1.29 is 0 Å². The second-order valence-corrected chi connectivity index (χ2v) is 11.3. The number of pyridine rings is 2. The van der Waals surface area contributed by atoms with Gasteiger partial charge in [0.2, 0.25) is 0 Å². The predicted molar refractivity (Wildman–Crippen MR) is 209 cm³/mol. The topological polar surface area (TPSA) is 76.5 Å². The Kier molecular flexibility index (Phi) is 10.6. The highest BCUT2D eigenvalue weighted by atomic mass is 15.0. The molecule has 6 heteroatoms. The van der Waals surface area contributed by atoms with Gasteiger partial charge in [-0.25, -0.2) is 19.9 Å². The summed E-state index contributed by atoms with van der Waals surface area (Å²) in [5, 5.41) is 5.44. The first-order chi connectivity index (χ1) is 24.6. The third kappa shape index (κ3) is 7.25. The predicted octanol–water partition coefficient (Wildman–Crippen LogP) is 11.2. The van der Waals surface area contributed by atoms with E-state index in [9.17, 15) is 0 Å². The minimum atomic E-state index is 0.569. The van der Waals surface area contributed by atoms with Gasteiger partial charge in [0, 0.05) is 46.4 Å². The van der Waals surface area contributed by atoms with Crippen molar-refractivity contribution in [1.82, 2.24) is 24.9 Å². The van der Waals surface area contributed by atoms with Gasteiger partial charge in [-0.1, -0.05) is 117 Å². The summed E-state index contributed by atoms with van der Waals surface area (Å²) in [7, 11) is 1.89. The molecule has 0 radical (unpaired) electrons. The van der Waals surface area contributed by atoms with Crippen molar-refractivity contribution in [3.63, 3.8) is 0 Å². The molecule has 7 rings (SSSR count). The lowest BCUT2D eigenvalue weighted by Crippen LogP contribution is -2.01. The Morgan fingerprint density at radius 2 is 1.16 bits per heavy atom. The third-order valence-corrected chi connectivity index (χ3v) is 8.21. The molecule has 0 amide bonds. The second-order valence-electron chi connectivity index (χ2n) is 11.3. The number of hydrogen-bond acceptors (Lipinski definition) is 6. The van der Waals surface area contributed by atoms with Gasteiger partial charge < -0.3 is 5.32 Å². The summed E-state index contributed by atoms with van der Waals surface area (Å²) in [6.45, 7) is 8.08. The Balaban J connectivity index is 0.00000212. The summed E-state index contributed by atoms with van der Waals surface area (Å²) >= 11 is 0. The maximum absolute atomic E-state index is 5.05. The zero-order valence-corrected chi connectivity index (χ0v) is 29.1. The highest BCUT2D eigenvalue weighted by Gasteiger charge is 2.17. The highest BCUT2D eigenvalue weighted by molar-refractivity contribution is 5.96. The first-order valence-corrected chi connectivity index (χ1v) is 17.0. The molecule has 3 heterocycles. The number of aromatic nitrogens is 5. The van der Waals surface area contributed by atoms with E-state index in [1.54, 1.807) is 0 Å². The summed E-state index contributed by atoms with van der Waals surface area (Å²) in [6.07, 6.45) is 8.14. The van der Waals surface area contributed by atoms with Gasteiger partial charge in [0.15, 0.2) is 17.5 Å². The molecule has 0 aliphatic rings. The lowest BCUT2D eigenvalue weighted by molar-refractivity contribution is 1.07. The van der Waals surface area contributed by atoms with Crippen LogP contribution in [0.1, 0.15) is 33.3 Å². The van der Waals surface area contributed by atoms with Crippen LogP contribution in [-0.4, -0.2) is 32.0 Å². The van der Waals surface area contributed by atoms with E-state index in [0.717, 1.165) is 66.9 Å². The number of anilines is 1. The Morgan fingerprint density at radius 3 is 1.78 bits per heavy atom. The van der Waals surface area contributed by atoms with Crippen molar-refractivity contribution in [3.05, 3.63) is 151 Å². The Hall–Kier alpha value is -6.27. The molecular formula is C44H40N6. The van der Waals surface area contributed by atoms with Gasteiger partial charge in [-0.15, -0.1) is 0 Å². The van der Waals surface area contributed by atoms with Crippen LogP contribution in [0.4, 0.5) is 5.82 Å². The molecule has 0 bridgehead atoms. The molecule has 0 unspecified atom stereocenters. The molecule has 0 aliphatic carbocycles. The molecule has 0 fully saturated rings. The molecule has 0 atom stereocenters. The largest absolute Gasteiger partial charge is 0.373 e. The molecule has 3 aromatic heterocycles. The Morgan fingerprint density at radius 1 is 0.580 bits per heavy atom. The van der Waals surface area contributed by atoms with Gasteiger partial charge >= 0.3 is 0 Å². The van der Waals surface area contributed by atoms with E-state index in [2.05, 4.69) is 72.9 Å². The summed E-state index contributed by atoms with van der Waals surface area (Å²) in [5.74, 6) is 2.56. The van der Waals surface area contributed by atoms with Gasteiger partial charge in [-0.2, -0.15) is 0 Å². The number of hydrogen-bond donors (Lipinski definition) is 1. The number of benzene rings is 4. The fraction of sp³-hybridized carbons (Fsp3) is 0.114. The van der Waals surface area contributed by atoms with Gasteiger partial charge in [-0.3, -0.25) is 4.98 Å². The molecule has 0 spiro atoms. The van der Waals surface area contributed by atoms with E-state index in [0.29, 0.717) is 17.5 Å². The molecular weight excluding hydrogens is 613 g/mol. The van der Waals surface area contributed by atoms with Crippen LogP contribution in [-0.2, 0) is 0 Å². The minimum absolute atomic E-state index is 0.569. The summed E-state index contributed by atoms with van der Waals surface area (Å²) in [4.78, 5) is 24.9. The molecule has 0 saturated heterocycles. The number of rotatable bonds is 8. The van der Waals surface area contributed by atoms with Gasteiger partial charge in [0.1, 0.15) is 5.82 Å². The zero-order chi connectivity index (χ0) is 34.9. The molecule has 4 aromatic carbocycles. The third-order valence-electron chi connectivity index (χ3n) is 8.21. The first kappa shape index (κ1) is 33.6. The molecule has 7 aromatic rings. The van der Waals surface area contributed by atoms with E-state index in [1.165, 1.54) is 0 Å². The van der Waals surface area contributed by atoms with Crippen molar-refractivity contribution in [2.75, 3.05) is 12.4 Å². The zero-order valence-electron chi connectivity index (χ0n) is 29.1. The fourth-order valence-corrected chi connectivity index (χ4v) is 5.84. The maximum atomic E-state index is 5.05. The second kappa shape index (κ2) is 15.8. The van der Waals surface area contributed by atoms with Crippen LogP contribution in [0, 0.1) is 0 Å².